The van der Waals surface area contributed by atoms with Gasteiger partial charge in [-0.2, -0.15) is 0 Å². The minimum absolute atomic E-state index is 0.0253. The van der Waals surface area contributed by atoms with E-state index in [0.717, 1.165) is 17.2 Å². The zero-order chi connectivity index (χ0) is 24.6. The van der Waals surface area contributed by atoms with E-state index in [1.54, 1.807) is 0 Å². The fourth-order valence-electron chi connectivity index (χ4n) is 3.87. The van der Waals surface area contributed by atoms with Gasteiger partial charge in [0.1, 0.15) is 10.1 Å². The molecule has 3 rings (SSSR count). The van der Waals surface area contributed by atoms with Gasteiger partial charge in [0.25, 0.3) is 5.91 Å². The van der Waals surface area contributed by atoms with Gasteiger partial charge in [-0.25, -0.2) is 13.2 Å². The third-order valence-electron chi connectivity index (χ3n) is 5.74. The molecule has 2 fully saturated rings. The molecule has 3 atom stereocenters. The summed E-state index contributed by atoms with van der Waals surface area (Å²) in [6, 6.07) is 1.98. The van der Waals surface area contributed by atoms with Gasteiger partial charge in [0.2, 0.25) is 5.91 Å². The van der Waals surface area contributed by atoms with Gasteiger partial charge < -0.3 is 25.5 Å². The number of amides is 2. The van der Waals surface area contributed by atoms with E-state index in [4.69, 9.17) is 0 Å². The fourth-order valence-corrected chi connectivity index (χ4v) is 6.10. The molecule has 0 bridgehead atoms. The molecule has 2 saturated heterocycles. The summed E-state index contributed by atoms with van der Waals surface area (Å²) in [7, 11) is -4.03. The SMILES string of the molecule is C[C@]1(C=NCC(=O)CCCNC(=O)c2ccc(O)c(O)c2)[C@H](C(=O)O)N2C(=O)C[C@H]2S1(=O)=O. The molecule has 0 unspecified atom stereocenters. The highest BCUT2D eigenvalue weighted by atomic mass is 32.2. The molecule has 13 heteroatoms. The van der Waals surface area contributed by atoms with E-state index < -0.39 is 49.5 Å². The number of carbonyl (C=O) groups excluding carboxylic acids is 3. The standard InChI is InChI=1S/C20H23N3O9S/c1-20(17(19(29)30)23-15(27)8-16(23)33(20,31)32)10-21-9-12(24)3-2-6-22-18(28)11-4-5-13(25)14(26)7-11/h4-5,7,10,16-17,25-26H,2-3,6,8-9H2,1H3,(H,22,28)(H,29,30)/t16-,17+,20+/m1/s1. The molecule has 2 amide bonds. The maximum absolute atomic E-state index is 12.7. The second kappa shape index (κ2) is 8.81. The molecule has 1 aromatic rings. The average Bonchev–Trinajstić information content (AvgIpc) is 2.87. The van der Waals surface area contributed by atoms with Gasteiger partial charge in [-0.3, -0.25) is 19.4 Å². The Bertz CT molecular complexity index is 1150. The zero-order valence-electron chi connectivity index (χ0n) is 17.6. The van der Waals surface area contributed by atoms with Crippen molar-refractivity contribution in [1.82, 2.24) is 10.2 Å². The number of Topliss-reactive ketones (excluding diaryl/α,β-unsaturated/α-hetero) is 1. The molecule has 2 aliphatic heterocycles. The van der Waals surface area contributed by atoms with Crippen molar-refractivity contribution in [1.29, 1.82) is 0 Å². The summed E-state index contributed by atoms with van der Waals surface area (Å²) in [6.45, 7) is 0.940. The number of carboxylic acid groups (broad SMARTS) is 1. The Hall–Kier alpha value is -3.48. The number of nitrogens with zero attached hydrogens (tertiary/aromatic N) is 2. The number of sulfone groups is 1. The van der Waals surface area contributed by atoms with E-state index in [9.17, 15) is 42.9 Å². The number of aliphatic imine (C=N–C) groups is 1. The van der Waals surface area contributed by atoms with Gasteiger partial charge >= 0.3 is 5.97 Å². The second-order valence-corrected chi connectivity index (χ2v) is 10.5. The fraction of sp³-hybridized carbons (Fsp3) is 0.450. The van der Waals surface area contributed by atoms with Crippen LogP contribution in [0, 0.1) is 0 Å². The second-order valence-electron chi connectivity index (χ2n) is 8.00. The number of ketones is 1. The van der Waals surface area contributed by atoms with Crippen molar-refractivity contribution in [2.75, 3.05) is 13.1 Å². The first-order chi connectivity index (χ1) is 15.4. The molecular formula is C20H23N3O9S. The first-order valence-corrected chi connectivity index (χ1v) is 11.5. The van der Waals surface area contributed by atoms with E-state index in [1.807, 2.05) is 0 Å². The summed E-state index contributed by atoms with van der Waals surface area (Å²) >= 11 is 0. The molecule has 4 N–H and O–H groups in total. The molecule has 2 aliphatic rings. The molecule has 0 aromatic heterocycles. The molecule has 12 nitrogen and oxygen atoms in total. The smallest absolute Gasteiger partial charge is 0.328 e. The minimum Gasteiger partial charge on any atom is -0.504 e. The van der Waals surface area contributed by atoms with Crippen LogP contribution < -0.4 is 5.32 Å². The van der Waals surface area contributed by atoms with Crippen LogP contribution in [0.3, 0.4) is 0 Å². The van der Waals surface area contributed by atoms with Crippen molar-refractivity contribution in [3.8, 4) is 11.5 Å². The van der Waals surface area contributed by atoms with Gasteiger partial charge in [0.15, 0.2) is 33.2 Å². The van der Waals surface area contributed by atoms with Crippen LogP contribution in [0.5, 0.6) is 11.5 Å². The van der Waals surface area contributed by atoms with Crippen molar-refractivity contribution in [2.45, 2.75) is 42.3 Å². The lowest BCUT2D eigenvalue weighted by Gasteiger charge is -2.35. The number of nitrogens with one attached hydrogen (secondary N) is 1. The lowest BCUT2D eigenvalue weighted by molar-refractivity contribution is -0.156. The van der Waals surface area contributed by atoms with E-state index in [-0.39, 0.29) is 49.4 Å². The molecule has 0 spiro atoms. The number of rotatable bonds is 9. The van der Waals surface area contributed by atoms with Crippen molar-refractivity contribution in [2.24, 2.45) is 4.99 Å². The number of benzene rings is 1. The van der Waals surface area contributed by atoms with Gasteiger partial charge in [-0.15, -0.1) is 0 Å². The number of aliphatic carboxylic acids is 1. The average molecular weight is 481 g/mol. The van der Waals surface area contributed by atoms with Gasteiger partial charge in [-0.05, 0) is 31.5 Å². The Labute approximate surface area is 188 Å². The highest BCUT2D eigenvalue weighted by Gasteiger charge is 2.69. The third-order valence-corrected chi connectivity index (χ3v) is 8.41. The first-order valence-electron chi connectivity index (χ1n) is 10.0. The van der Waals surface area contributed by atoms with E-state index in [2.05, 4.69) is 10.3 Å². The summed E-state index contributed by atoms with van der Waals surface area (Å²) in [4.78, 5) is 52.2. The number of phenolic OH excluding ortho intramolecular Hbond substituents is 2. The zero-order valence-corrected chi connectivity index (χ0v) is 18.4. The van der Waals surface area contributed by atoms with Crippen LogP contribution in [-0.4, -0.2) is 87.7 Å². The summed E-state index contributed by atoms with van der Waals surface area (Å²) in [5.74, 6) is -3.68. The first kappa shape index (κ1) is 24.2. The maximum atomic E-state index is 12.7. The summed E-state index contributed by atoms with van der Waals surface area (Å²) in [5.41, 5.74) is 0.128. The molecule has 0 radical (unpaired) electrons. The molecule has 0 aliphatic carbocycles. The van der Waals surface area contributed by atoms with Gasteiger partial charge in [-0.1, -0.05) is 0 Å². The van der Waals surface area contributed by atoms with Crippen molar-refractivity contribution in [3.05, 3.63) is 23.8 Å². The van der Waals surface area contributed by atoms with Crippen LogP contribution in [0.4, 0.5) is 0 Å². The minimum atomic E-state index is -4.03. The largest absolute Gasteiger partial charge is 0.504 e. The maximum Gasteiger partial charge on any atom is 0.328 e. The Morgan fingerprint density at radius 2 is 1.97 bits per heavy atom. The van der Waals surface area contributed by atoms with Crippen LogP contribution in [0.25, 0.3) is 0 Å². The monoisotopic (exact) mass is 481 g/mol. The molecule has 1 aromatic carbocycles. The molecule has 2 heterocycles. The van der Waals surface area contributed by atoms with Gasteiger partial charge in [0.05, 0.1) is 13.0 Å². The number of carboxylic acids is 1. The van der Waals surface area contributed by atoms with Crippen LogP contribution in [0.15, 0.2) is 23.2 Å². The van der Waals surface area contributed by atoms with E-state index in [1.165, 1.54) is 19.1 Å². The van der Waals surface area contributed by atoms with E-state index in [0.29, 0.717) is 0 Å². The Kier molecular flexibility index (Phi) is 6.45. The Morgan fingerprint density at radius 1 is 1.27 bits per heavy atom. The summed E-state index contributed by atoms with van der Waals surface area (Å²) in [5, 5.41) is 29.5. The third kappa shape index (κ3) is 4.27. The molecular weight excluding hydrogens is 458 g/mol. The lowest BCUT2D eigenvalue weighted by atomic mass is 9.97. The molecule has 33 heavy (non-hydrogen) atoms. The highest BCUT2D eigenvalue weighted by Crippen LogP contribution is 2.45. The Balaban J connectivity index is 1.51. The topological polar surface area (TPSA) is 191 Å². The van der Waals surface area contributed by atoms with Crippen molar-refractivity contribution < 1.29 is 42.9 Å². The number of β-lactam (4-membered cyclic amide) rings is 1. The van der Waals surface area contributed by atoms with Gasteiger partial charge in [0, 0.05) is 24.7 Å². The highest BCUT2D eigenvalue weighted by molar-refractivity contribution is 7.94. The molecule has 0 saturated carbocycles. The van der Waals surface area contributed by atoms with Crippen LogP contribution >= 0.6 is 0 Å². The summed E-state index contributed by atoms with van der Waals surface area (Å²) in [6.07, 6.45) is 0.951. The van der Waals surface area contributed by atoms with Crippen LogP contribution in [-0.2, 0) is 24.2 Å². The number of hydrogen-bond donors (Lipinski definition) is 4. The number of phenols is 2. The summed E-state index contributed by atoms with van der Waals surface area (Å²) < 4.78 is 23.5. The number of aromatic hydroxyl groups is 2. The quantitative estimate of drug-likeness (QED) is 0.155. The lowest BCUT2D eigenvalue weighted by Crippen LogP contribution is -2.57. The van der Waals surface area contributed by atoms with Crippen LogP contribution in [0.2, 0.25) is 0 Å². The number of carbonyl (C=O) groups is 4. The van der Waals surface area contributed by atoms with Crippen LogP contribution in [0.1, 0.15) is 36.5 Å². The molecule has 178 valence electrons. The van der Waals surface area contributed by atoms with Crippen molar-refractivity contribution in [3.63, 3.8) is 0 Å². The normalized spacial score (nSPS) is 25.5. The predicted molar refractivity (Wildman–Crippen MR) is 114 cm³/mol. The predicted octanol–water partition coefficient (Wildman–Crippen LogP) is -0.554. The van der Waals surface area contributed by atoms with E-state index >= 15 is 0 Å². The number of hydrogen-bond acceptors (Lipinski definition) is 9. The van der Waals surface area contributed by atoms with Crippen molar-refractivity contribution >= 4 is 39.6 Å². The number of fused-ring (bicyclic) bond motifs is 1. The Morgan fingerprint density at radius 3 is 2.58 bits per heavy atom.